The van der Waals surface area contributed by atoms with E-state index in [9.17, 15) is 4.39 Å². The van der Waals surface area contributed by atoms with E-state index in [4.69, 9.17) is 11.6 Å². The highest BCUT2D eigenvalue weighted by Crippen LogP contribution is 2.28. The summed E-state index contributed by atoms with van der Waals surface area (Å²) in [6, 6.07) is 4.78. The van der Waals surface area contributed by atoms with Gasteiger partial charge in [-0.3, -0.25) is 0 Å². The second-order valence-corrected chi connectivity index (χ2v) is 6.09. The molecule has 0 unspecified atom stereocenters. The van der Waals surface area contributed by atoms with E-state index in [0.717, 1.165) is 23.0 Å². The normalized spacial score (nSPS) is 11.3. The highest BCUT2D eigenvalue weighted by molar-refractivity contribution is 7.98. The van der Waals surface area contributed by atoms with E-state index in [1.165, 1.54) is 12.1 Å². The molecule has 0 aliphatic carbocycles. The van der Waals surface area contributed by atoms with Gasteiger partial charge in [-0.05, 0) is 31.5 Å². The molecule has 1 aromatic carbocycles. The molecule has 0 aliphatic rings. The first-order valence-electron chi connectivity index (χ1n) is 6.53. The Balaban J connectivity index is 2.17. The maximum atomic E-state index is 13.0. The Bertz CT molecular complexity index is 598. The van der Waals surface area contributed by atoms with Crippen LogP contribution in [0.2, 0.25) is 5.02 Å². The molecule has 0 amide bonds. The largest absolute Gasteiger partial charge is 0.303 e. The zero-order valence-corrected chi connectivity index (χ0v) is 13.3. The molecule has 2 aromatic rings. The molecule has 0 fully saturated rings. The number of rotatable bonds is 5. The molecule has 0 aliphatic heterocycles. The third-order valence-corrected chi connectivity index (χ3v) is 4.28. The van der Waals surface area contributed by atoms with E-state index < -0.39 is 0 Å². The molecule has 0 N–H and O–H groups in total. The molecule has 3 nitrogen and oxygen atoms in total. The minimum absolute atomic E-state index is 0.311. The first kappa shape index (κ1) is 15.3. The molecule has 0 radical (unpaired) electrons. The SMILES string of the molecule is CCc1nnc(SCc2ccc(F)cc2Cl)n1C(C)C. The van der Waals surface area contributed by atoms with Crippen LogP contribution in [-0.2, 0) is 12.2 Å². The van der Waals surface area contributed by atoms with E-state index in [-0.39, 0.29) is 5.82 Å². The zero-order valence-electron chi connectivity index (χ0n) is 11.7. The molecule has 2 rings (SSSR count). The number of aryl methyl sites for hydroxylation is 1. The molecule has 20 heavy (non-hydrogen) atoms. The number of hydrogen-bond acceptors (Lipinski definition) is 3. The van der Waals surface area contributed by atoms with Crippen LogP contribution in [0.25, 0.3) is 0 Å². The fourth-order valence-corrected chi connectivity index (χ4v) is 3.35. The van der Waals surface area contributed by atoms with Crippen molar-refractivity contribution >= 4 is 23.4 Å². The van der Waals surface area contributed by atoms with Crippen molar-refractivity contribution in [1.29, 1.82) is 0 Å². The van der Waals surface area contributed by atoms with Crippen LogP contribution in [0.3, 0.4) is 0 Å². The summed E-state index contributed by atoms with van der Waals surface area (Å²) in [4.78, 5) is 0. The molecule has 6 heteroatoms. The monoisotopic (exact) mass is 313 g/mol. The quantitative estimate of drug-likeness (QED) is 0.761. The molecular formula is C14H17ClFN3S. The lowest BCUT2D eigenvalue weighted by Gasteiger charge is -2.13. The highest BCUT2D eigenvalue weighted by atomic mass is 35.5. The molecule has 0 bridgehead atoms. The average Bonchev–Trinajstić information content (AvgIpc) is 2.80. The Labute approximate surface area is 127 Å². The Morgan fingerprint density at radius 3 is 2.70 bits per heavy atom. The van der Waals surface area contributed by atoms with Crippen molar-refractivity contribution in [2.75, 3.05) is 0 Å². The molecule has 108 valence electrons. The van der Waals surface area contributed by atoms with Crippen molar-refractivity contribution in [3.05, 3.63) is 40.4 Å². The molecule has 1 aromatic heterocycles. The number of aromatic nitrogens is 3. The number of hydrogen-bond donors (Lipinski definition) is 0. The predicted octanol–water partition coefficient (Wildman–Crippen LogP) is 4.51. The van der Waals surface area contributed by atoms with Gasteiger partial charge in [-0.25, -0.2) is 4.39 Å². The lowest BCUT2D eigenvalue weighted by atomic mass is 10.2. The van der Waals surface area contributed by atoms with Gasteiger partial charge < -0.3 is 4.57 Å². The third kappa shape index (κ3) is 3.33. The maximum Gasteiger partial charge on any atom is 0.191 e. The van der Waals surface area contributed by atoms with Gasteiger partial charge in [0.05, 0.1) is 0 Å². The van der Waals surface area contributed by atoms with E-state index >= 15 is 0 Å². The molecule has 0 saturated carbocycles. The van der Waals surface area contributed by atoms with Crippen molar-refractivity contribution in [3.8, 4) is 0 Å². The van der Waals surface area contributed by atoms with Crippen LogP contribution in [-0.4, -0.2) is 14.8 Å². The Hall–Kier alpha value is -1.07. The van der Waals surface area contributed by atoms with Gasteiger partial charge in [0, 0.05) is 23.2 Å². The van der Waals surface area contributed by atoms with E-state index in [1.54, 1.807) is 17.8 Å². The molecule has 0 atom stereocenters. The molecule has 0 spiro atoms. The summed E-state index contributed by atoms with van der Waals surface area (Å²) in [6.45, 7) is 6.28. The Morgan fingerprint density at radius 2 is 2.10 bits per heavy atom. The zero-order chi connectivity index (χ0) is 14.7. The van der Waals surface area contributed by atoms with Crippen molar-refractivity contribution in [2.24, 2.45) is 0 Å². The van der Waals surface area contributed by atoms with Crippen LogP contribution < -0.4 is 0 Å². The van der Waals surface area contributed by atoms with Gasteiger partial charge in [0.1, 0.15) is 11.6 Å². The topological polar surface area (TPSA) is 30.7 Å². The van der Waals surface area contributed by atoms with Gasteiger partial charge >= 0.3 is 0 Å². The predicted molar refractivity (Wildman–Crippen MR) is 80.8 cm³/mol. The van der Waals surface area contributed by atoms with Gasteiger partial charge in [0.2, 0.25) is 0 Å². The van der Waals surface area contributed by atoms with Crippen LogP contribution in [0.15, 0.2) is 23.4 Å². The second-order valence-electron chi connectivity index (χ2n) is 4.74. The van der Waals surface area contributed by atoms with Gasteiger partial charge in [-0.15, -0.1) is 10.2 Å². The van der Waals surface area contributed by atoms with Crippen LogP contribution in [0.5, 0.6) is 0 Å². The summed E-state index contributed by atoms with van der Waals surface area (Å²) in [5.74, 6) is 1.31. The maximum absolute atomic E-state index is 13.0. The standard InChI is InChI=1S/C14H17ClFN3S/c1-4-13-17-18-14(19(13)9(2)3)20-8-10-5-6-11(16)7-12(10)15/h5-7,9H,4,8H2,1-3H3. The molecular weight excluding hydrogens is 297 g/mol. The van der Waals surface area contributed by atoms with Crippen LogP contribution in [0.4, 0.5) is 4.39 Å². The van der Waals surface area contributed by atoms with Gasteiger partial charge in [0.15, 0.2) is 5.16 Å². The van der Waals surface area contributed by atoms with Gasteiger partial charge in [0.25, 0.3) is 0 Å². The van der Waals surface area contributed by atoms with Crippen molar-refractivity contribution in [1.82, 2.24) is 14.8 Å². The highest BCUT2D eigenvalue weighted by Gasteiger charge is 2.14. The summed E-state index contributed by atoms with van der Waals surface area (Å²) >= 11 is 7.60. The lowest BCUT2D eigenvalue weighted by Crippen LogP contribution is -2.07. The summed E-state index contributed by atoms with van der Waals surface area (Å²) in [5, 5.41) is 9.75. The average molecular weight is 314 g/mol. The minimum Gasteiger partial charge on any atom is -0.303 e. The fourth-order valence-electron chi connectivity index (χ4n) is 1.95. The molecule has 1 heterocycles. The summed E-state index contributed by atoms with van der Waals surface area (Å²) < 4.78 is 15.1. The van der Waals surface area contributed by atoms with Gasteiger partial charge in [-0.2, -0.15) is 0 Å². The number of halogens is 2. The van der Waals surface area contributed by atoms with Crippen molar-refractivity contribution in [2.45, 2.75) is 44.1 Å². The van der Waals surface area contributed by atoms with Crippen molar-refractivity contribution in [3.63, 3.8) is 0 Å². The summed E-state index contributed by atoms with van der Waals surface area (Å²) in [5.41, 5.74) is 0.898. The van der Waals surface area contributed by atoms with Crippen LogP contribution in [0.1, 0.15) is 38.2 Å². The molecule has 0 saturated heterocycles. The third-order valence-electron chi connectivity index (χ3n) is 2.94. The fraction of sp³-hybridized carbons (Fsp3) is 0.429. The smallest absolute Gasteiger partial charge is 0.191 e. The minimum atomic E-state index is -0.317. The Morgan fingerprint density at radius 1 is 1.35 bits per heavy atom. The van der Waals surface area contributed by atoms with Gasteiger partial charge in [-0.1, -0.05) is 36.4 Å². The van der Waals surface area contributed by atoms with E-state index in [1.807, 2.05) is 0 Å². The number of benzene rings is 1. The lowest BCUT2D eigenvalue weighted by molar-refractivity contribution is 0.528. The first-order valence-corrected chi connectivity index (χ1v) is 7.89. The number of nitrogens with zero attached hydrogens (tertiary/aromatic N) is 3. The Kier molecular flexibility index (Phi) is 5.05. The summed E-state index contributed by atoms with van der Waals surface area (Å²) in [7, 11) is 0. The number of thioether (sulfide) groups is 1. The summed E-state index contributed by atoms with van der Waals surface area (Å²) in [6.07, 6.45) is 0.850. The van der Waals surface area contributed by atoms with E-state index in [0.29, 0.717) is 16.8 Å². The van der Waals surface area contributed by atoms with E-state index in [2.05, 4.69) is 35.5 Å². The second kappa shape index (κ2) is 6.59. The first-order chi connectivity index (χ1) is 9.52. The van der Waals surface area contributed by atoms with Crippen LogP contribution in [0, 0.1) is 5.82 Å². The van der Waals surface area contributed by atoms with Crippen LogP contribution >= 0.6 is 23.4 Å². The van der Waals surface area contributed by atoms with Crippen molar-refractivity contribution < 1.29 is 4.39 Å².